The summed E-state index contributed by atoms with van der Waals surface area (Å²) in [6.45, 7) is 13.5. The second kappa shape index (κ2) is 38.1. The summed E-state index contributed by atoms with van der Waals surface area (Å²) in [6, 6.07) is 0.605. The standard InChI is InChI=1S/C36H69NO12/c1-2-34(10-13-39)4-5-35-6-8-36(9-7-35)37-11-15-41-17-19-43-21-23-45-25-27-47-29-31-49-33-32-48-30-28-46-26-24-44-22-20-42-18-16-40-14-3-12-38/h12-13,34-37H,2-11,14-33H2,1H3. The Morgan fingerprint density at radius 1 is 0.510 bits per heavy atom. The Kier molecular flexibility index (Phi) is 35.7. The van der Waals surface area contributed by atoms with E-state index < -0.39 is 0 Å². The molecule has 0 heterocycles. The van der Waals surface area contributed by atoms with E-state index in [0.717, 1.165) is 37.9 Å². The Morgan fingerprint density at radius 2 is 0.878 bits per heavy atom. The lowest BCUT2D eigenvalue weighted by Gasteiger charge is -2.30. The van der Waals surface area contributed by atoms with Gasteiger partial charge >= 0.3 is 0 Å². The molecule has 1 fully saturated rings. The largest absolute Gasteiger partial charge is 0.379 e. The number of ether oxygens (including phenoxy) is 10. The lowest BCUT2D eigenvalue weighted by Crippen LogP contribution is -2.35. The van der Waals surface area contributed by atoms with Crippen molar-refractivity contribution in [1.29, 1.82) is 0 Å². The Balaban J connectivity index is 1.67. The fraction of sp³-hybridized carbons (Fsp3) is 0.944. The minimum absolute atomic E-state index is 0.415. The highest BCUT2D eigenvalue weighted by molar-refractivity contribution is 5.49. The minimum atomic E-state index is 0.415. The van der Waals surface area contributed by atoms with Gasteiger partial charge in [-0.15, -0.1) is 0 Å². The third-order valence-corrected chi connectivity index (χ3v) is 8.24. The lowest BCUT2D eigenvalue weighted by molar-refractivity contribution is -0.109. The summed E-state index contributed by atoms with van der Waals surface area (Å²) in [5.41, 5.74) is 0. The first-order chi connectivity index (χ1) is 24.3. The molecular formula is C36H69NO12. The van der Waals surface area contributed by atoms with E-state index in [9.17, 15) is 9.59 Å². The normalized spacial score (nSPS) is 17.0. The fourth-order valence-corrected chi connectivity index (χ4v) is 5.30. The van der Waals surface area contributed by atoms with Crippen LogP contribution < -0.4 is 5.32 Å². The molecule has 0 bridgehead atoms. The quantitative estimate of drug-likeness (QED) is 0.0737. The molecule has 1 rings (SSSR count). The van der Waals surface area contributed by atoms with Gasteiger partial charge in [-0.25, -0.2) is 0 Å². The number of rotatable bonds is 40. The number of nitrogens with one attached hydrogen (secondary N) is 1. The Hall–Kier alpha value is -1.10. The first-order valence-corrected chi connectivity index (χ1v) is 18.7. The van der Waals surface area contributed by atoms with Crippen molar-refractivity contribution in [3.63, 3.8) is 0 Å². The second-order valence-electron chi connectivity index (χ2n) is 12.0. The molecule has 1 N–H and O–H groups in total. The van der Waals surface area contributed by atoms with Crippen LogP contribution >= 0.6 is 0 Å². The molecule has 1 saturated carbocycles. The molecule has 0 radical (unpaired) electrons. The molecule has 1 aliphatic carbocycles. The SMILES string of the molecule is CCC(CC=O)CCC1CCC(NCCOCCOCCOCCOCCOCCOCCOCCOCCOCCOCCC=O)CC1. The van der Waals surface area contributed by atoms with Gasteiger partial charge in [0.2, 0.25) is 0 Å². The van der Waals surface area contributed by atoms with Crippen LogP contribution in [0.2, 0.25) is 0 Å². The van der Waals surface area contributed by atoms with Gasteiger partial charge in [0, 0.05) is 25.4 Å². The molecule has 1 aliphatic rings. The number of carbonyl (C=O) groups is 2. The van der Waals surface area contributed by atoms with Crippen LogP contribution in [0.5, 0.6) is 0 Å². The maximum atomic E-state index is 10.8. The van der Waals surface area contributed by atoms with Crippen LogP contribution in [0.25, 0.3) is 0 Å². The van der Waals surface area contributed by atoms with Crippen molar-refractivity contribution in [3.8, 4) is 0 Å². The van der Waals surface area contributed by atoms with Crippen LogP contribution in [0.4, 0.5) is 0 Å². The predicted octanol–water partition coefficient (Wildman–Crippen LogP) is 3.29. The van der Waals surface area contributed by atoms with Crippen LogP contribution in [-0.2, 0) is 57.0 Å². The highest BCUT2D eigenvalue weighted by Crippen LogP contribution is 2.30. The Morgan fingerprint density at radius 3 is 1.22 bits per heavy atom. The lowest BCUT2D eigenvalue weighted by atomic mass is 9.81. The smallest absolute Gasteiger partial charge is 0.122 e. The monoisotopic (exact) mass is 707 g/mol. The van der Waals surface area contributed by atoms with E-state index in [4.69, 9.17) is 47.4 Å². The number of aldehydes is 2. The van der Waals surface area contributed by atoms with Gasteiger partial charge in [-0.3, -0.25) is 0 Å². The zero-order chi connectivity index (χ0) is 35.1. The van der Waals surface area contributed by atoms with Crippen LogP contribution in [0.1, 0.15) is 64.7 Å². The van der Waals surface area contributed by atoms with E-state index in [2.05, 4.69) is 12.2 Å². The highest BCUT2D eigenvalue weighted by atomic mass is 16.6. The fourth-order valence-electron chi connectivity index (χ4n) is 5.30. The van der Waals surface area contributed by atoms with Crippen molar-refractivity contribution >= 4 is 12.6 Å². The molecule has 0 amide bonds. The van der Waals surface area contributed by atoms with Gasteiger partial charge in [0.25, 0.3) is 0 Å². The van der Waals surface area contributed by atoms with E-state index >= 15 is 0 Å². The average Bonchev–Trinajstić information content (AvgIpc) is 3.12. The van der Waals surface area contributed by atoms with Gasteiger partial charge < -0.3 is 62.3 Å². The molecule has 49 heavy (non-hydrogen) atoms. The zero-order valence-electron chi connectivity index (χ0n) is 30.5. The maximum absolute atomic E-state index is 10.8. The third-order valence-electron chi connectivity index (χ3n) is 8.24. The van der Waals surface area contributed by atoms with Gasteiger partial charge in [-0.2, -0.15) is 0 Å². The molecule has 0 aromatic rings. The Labute approximate surface area is 296 Å². The average molecular weight is 708 g/mol. The summed E-state index contributed by atoms with van der Waals surface area (Å²) < 4.78 is 54.7. The summed E-state index contributed by atoms with van der Waals surface area (Å²) >= 11 is 0. The first-order valence-electron chi connectivity index (χ1n) is 18.7. The molecule has 0 saturated heterocycles. The van der Waals surface area contributed by atoms with Crippen molar-refractivity contribution < 1.29 is 57.0 Å². The van der Waals surface area contributed by atoms with Crippen LogP contribution in [-0.4, -0.2) is 157 Å². The van der Waals surface area contributed by atoms with Gasteiger partial charge in [-0.1, -0.05) is 19.8 Å². The van der Waals surface area contributed by atoms with Crippen molar-refractivity contribution in [2.45, 2.75) is 70.8 Å². The van der Waals surface area contributed by atoms with Crippen LogP contribution in [0, 0.1) is 11.8 Å². The van der Waals surface area contributed by atoms with Gasteiger partial charge in [0.1, 0.15) is 12.6 Å². The molecule has 0 aromatic heterocycles. The minimum Gasteiger partial charge on any atom is -0.379 e. The van der Waals surface area contributed by atoms with Crippen molar-refractivity contribution in [3.05, 3.63) is 0 Å². The molecular weight excluding hydrogens is 638 g/mol. The highest BCUT2D eigenvalue weighted by Gasteiger charge is 2.21. The maximum Gasteiger partial charge on any atom is 0.122 e. The van der Waals surface area contributed by atoms with E-state index in [1.54, 1.807) is 0 Å². The summed E-state index contributed by atoms with van der Waals surface area (Å²) in [7, 11) is 0. The molecule has 0 aromatic carbocycles. The predicted molar refractivity (Wildman–Crippen MR) is 186 cm³/mol. The van der Waals surface area contributed by atoms with E-state index in [0.29, 0.717) is 151 Å². The third kappa shape index (κ3) is 32.5. The first kappa shape index (κ1) is 45.9. The van der Waals surface area contributed by atoms with Gasteiger partial charge in [0.15, 0.2) is 0 Å². The molecule has 13 nitrogen and oxygen atoms in total. The Bertz CT molecular complexity index is 684. The second-order valence-corrected chi connectivity index (χ2v) is 12.0. The van der Waals surface area contributed by atoms with Gasteiger partial charge in [-0.05, 0) is 43.9 Å². The van der Waals surface area contributed by atoms with Crippen molar-refractivity contribution in [2.75, 3.05) is 139 Å². The van der Waals surface area contributed by atoms with E-state index in [1.807, 2.05) is 0 Å². The van der Waals surface area contributed by atoms with Gasteiger partial charge in [0.05, 0.1) is 132 Å². The summed E-state index contributed by atoms with van der Waals surface area (Å²) in [4.78, 5) is 20.9. The molecule has 0 aliphatic heterocycles. The zero-order valence-corrected chi connectivity index (χ0v) is 30.5. The van der Waals surface area contributed by atoms with Crippen LogP contribution in [0.15, 0.2) is 0 Å². The molecule has 1 unspecified atom stereocenters. The molecule has 290 valence electrons. The van der Waals surface area contributed by atoms with E-state index in [1.165, 1.54) is 38.5 Å². The van der Waals surface area contributed by atoms with E-state index in [-0.39, 0.29) is 0 Å². The molecule has 0 spiro atoms. The number of carbonyl (C=O) groups excluding carboxylic acids is 2. The number of hydrogen-bond donors (Lipinski definition) is 1. The molecule has 13 heteroatoms. The summed E-state index contributed by atoms with van der Waals surface area (Å²) in [6.07, 6.45) is 11.7. The topological polar surface area (TPSA) is 138 Å². The molecule has 1 atom stereocenters. The number of hydrogen-bond acceptors (Lipinski definition) is 13. The summed E-state index contributed by atoms with van der Waals surface area (Å²) in [5, 5.41) is 3.64. The van der Waals surface area contributed by atoms with Crippen molar-refractivity contribution in [1.82, 2.24) is 5.32 Å². The summed E-state index contributed by atoms with van der Waals surface area (Å²) in [5.74, 6) is 1.40. The van der Waals surface area contributed by atoms with Crippen molar-refractivity contribution in [2.24, 2.45) is 11.8 Å². The van der Waals surface area contributed by atoms with Crippen LogP contribution in [0.3, 0.4) is 0 Å².